The van der Waals surface area contributed by atoms with Gasteiger partial charge in [-0.3, -0.25) is 14.6 Å². The van der Waals surface area contributed by atoms with Gasteiger partial charge in [0.1, 0.15) is 11.6 Å². The number of sulfonamides is 1. The Kier molecular flexibility index (Phi) is 8.15. The Hall–Kier alpha value is -3.00. The Bertz CT molecular complexity index is 1400. The van der Waals surface area contributed by atoms with Crippen molar-refractivity contribution < 1.29 is 26.4 Å². The fourth-order valence-corrected chi connectivity index (χ4v) is 4.44. The number of carbonyl (C=O) groups is 1. The predicted molar refractivity (Wildman–Crippen MR) is 122 cm³/mol. The van der Waals surface area contributed by atoms with E-state index in [-0.39, 0.29) is 28.7 Å². The summed E-state index contributed by atoms with van der Waals surface area (Å²) in [6.45, 7) is -0.861. The molecule has 1 amide bonds. The number of nitrogens with one attached hydrogen (secondary N) is 2. The Morgan fingerprint density at radius 1 is 1.14 bits per heavy atom. The van der Waals surface area contributed by atoms with E-state index in [0.29, 0.717) is 22.5 Å². The van der Waals surface area contributed by atoms with E-state index in [2.05, 4.69) is 20.1 Å². The quantitative estimate of drug-likeness (QED) is 0.445. The Morgan fingerprint density at radius 2 is 1.89 bits per heavy atom. The zero-order valence-electron chi connectivity index (χ0n) is 17.5. The minimum absolute atomic E-state index is 0.124. The molecule has 0 bridgehead atoms. The molecule has 0 fully saturated rings. The lowest BCUT2D eigenvalue weighted by atomic mass is 10.2. The third-order valence-corrected chi connectivity index (χ3v) is 6.74. The topological polar surface area (TPSA) is 123 Å². The van der Waals surface area contributed by atoms with Crippen LogP contribution in [0.3, 0.4) is 0 Å². The number of benzene rings is 1. The van der Waals surface area contributed by atoms with Gasteiger partial charge in [0.25, 0.3) is 5.56 Å². The van der Waals surface area contributed by atoms with Crippen LogP contribution in [-0.2, 0) is 34.0 Å². The molecule has 0 saturated heterocycles. The average molecular weight is 550 g/mol. The van der Waals surface area contributed by atoms with Crippen molar-refractivity contribution in [1.29, 1.82) is 0 Å². The summed E-state index contributed by atoms with van der Waals surface area (Å²) >= 11 is 11.4. The summed E-state index contributed by atoms with van der Waals surface area (Å²) in [5.74, 6) is -0.871. The number of hydrogen-bond acceptors (Lipinski definition) is 6. The SMILES string of the molecule is O=C(Cn1ncc(Cl)c(Cl)c1=O)Nc1ccc(C(F)(F)F)c(S(=O)(=O)NCCc2ccccn2)c1. The summed E-state index contributed by atoms with van der Waals surface area (Å²) in [7, 11) is -4.63. The number of anilines is 1. The van der Waals surface area contributed by atoms with Crippen LogP contribution in [0.5, 0.6) is 0 Å². The van der Waals surface area contributed by atoms with Crippen LogP contribution in [0.15, 0.2) is 58.5 Å². The first-order valence-electron chi connectivity index (χ1n) is 9.70. The van der Waals surface area contributed by atoms with E-state index in [0.717, 1.165) is 12.3 Å². The number of amides is 1. The molecule has 9 nitrogen and oxygen atoms in total. The highest BCUT2D eigenvalue weighted by molar-refractivity contribution is 7.89. The van der Waals surface area contributed by atoms with E-state index in [9.17, 15) is 31.2 Å². The highest BCUT2D eigenvalue weighted by Crippen LogP contribution is 2.35. The molecule has 0 aliphatic heterocycles. The number of hydrogen-bond donors (Lipinski definition) is 2. The summed E-state index contributed by atoms with van der Waals surface area (Å²) in [6.07, 6.45) is -2.30. The fourth-order valence-electron chi connectivity index (χ4n) is 2.89. The molecule has 0 aliphatic rings. The molecule has 0 aliphatic carbocycles. The van der Waals surface area contributed by atoms with Gasteiger partial charge < -0.3 is 5.32 Å². The number of aromatic nitrogens is 3. The molecule has 3 aromatic rings. The van der Waals surface area contributed by atoms with Crippen molar-refractivity contribution in [3.05, 3.63) is 80.4 Å². The summed E-state index contributed by atoms with van der Waals surface area (Å²) in [6, 6.07) is 7.09. The molecule has 0 saturated carbocycles. The second-order valence-electron chi connectivity index (χ2n) is 7.00. The number of alkyl halides is 3. The molecule has 186 valence electrons. The van der Waals surface area contributed by atoms with Gasteiger partial charge in [0, 0.05) is 30.5 Å². The first kappa shape index (κ1) is 26.6. The molecule has 35 heavy (non-hydrogen) atoms. The van der Waals surface area contributed by atoms with Gasteiger partial charge in [-0.25, -0.2) is 17.8 Å². The van der Waals surface area contributed by atoms with E-state index in [1.807, 2.05) is 0 Å². The van der Waals surface area contributed by atoms with Gasteiger partial charge in [0.15, 0.2) is 0 Å². The maximum Gasteiger partial charge on any atom is 0.417 e. The molecule has 0 atom stereocenters. The lowest BCUT2D eigenvalue weighted by molar-refractivity contribution is -0.139. The monoisotopic (exact) mass is 549 g/mol. The number of halogens is 5. The number of nitrogens with zero attached hydrogens (tertiary/aromatic N) is 3. The van der Waals surface area contributed by atoms with E-state index in [1.165, 1.54) is 6.20 Å². The van der Waals surface area contributed by atoms with E-state index >= 15 is 0 Å². The molecule has 0 radical (unpaired) electrons. The lowest BCUT2D eigenvalue weighted by Crippen LogP contribution is -2.30. The van der Waals surface area contributed by atoms with E-state index < -0.39 is 44.7 Å². The summed E-state index contributed by atoms with van der Waals surface area (Å²) in [4.78, 5) is 27.3. The fraction of sp³-hybridized carbons (Fsp3) is 0.200. The average Bonchev–Trinajstić information content (AvgIpc) is 2.79. The molecule has 0 spiro atoms. The van der Waals surface area contributed by atoms with Gasteiger partial charge in [0.2, 0.25) is 15.9 Å². The standard InChI is InChI=1S/C20H16Cl2F3N5O4S/c21-15-10-27-30(19(32)18(15)22)11-17(31)29-13-4-5-14(20(23,24)25)16(9-13)35(33,34)28-8-6-12-3-1-2-7-26-12/h1-5,7,9-10,28H,6,8,11H2,(H,29,31). The molecule has 2 N–H and O–H groups in total. The van der Waals surface area contributed by atoms with Crippen molar-refractivity contribution in [1.82, 2.24) is 19.5 Å². The van der Waals surface area contributed by atoms with Crippen molar-refractivity contribution in [2.24, 2.45) is 0 Å². The van der Waals surface area contributed by atoms with Gasteiger partial charge in [-0.2, -0.15) is 18.3 Å². The molecule has 1 aromatic carbocycles. The lowest BCUT2D eigenvalue weighted by Gasteiger charge is -2.16. The van der Waals surface area contributed by atoms with Crippen LogP contribution >= 0.6 is 23.2 Å². The van der Waals surface area contributed by atoms with Crippen LogP contribution in [-0.4, -0.2) is 35.6 Å². The van der Waals surface area contributed by atoms with Crippen LogP contribution in [0.2, 0.25) is 10.0 Å². The van der Waals surface area contributed by atoms with Gasteiger partial charge in [-0.1, -0.05) is 29.3 Å². The van der Waals surface area contributed by atoms with Crippen molar-refractivity contribution >= 4 is 44.8 Å². The van der Waals surface area contributed by atoms with Crippen LogP contribution in [0, 0.1) is 0 Å². The van der Waals surface area contributed by atoms with Gasteiger partial charge in [0.05, 0.1) is 21.7 Å². The second-order valence-corrected chi connectivity index (χ2v) is 9.52. The maximum absolute atomic E-state index is 13.5. The maximum atomic E-state index is 13.5. The second kappa shape index (κ2) is 10.7. The van der Waals surface area contributed by atoms with Crippen LogP contribution in [0.25, 0.3) is 0 Å². The Morgan fingerprint density at radius 3 is 2.54 bits per heavy atom. The Balaban J connectivity index is 1.82. The molecule has 2 heterocycles. The zero-order chi connectivity index (χ0) is 25.8. The predicted octanol–water partition coefficient (Wildman–Crippen LogP) is 3.12. The van der Waals surface area contributed by atoms with Crippen molar-refractivity contribution in [2.45, 2.75) is 24.0 Å². The third kappa shape index (κ3) is 6.78. The summed E-state index contributed by atoms with van der Waals surface area (Å²) in [5.41, 5.74) is -1.98. The van der Waals surface area contributed by atoms with Crippen LogP contribution in [0.1, 0.15) is 11.3 Å². The molecular formula is C20H16Cl2F3N5O4S. The van der Waals surface area contributed by atoms with Crippen molar-refractivity contribution in [3.63, 3.8) is 0 Å². The smallest absolute Gasteiger partial charge is 0.324 e. The van der Waals surface area contributed by atoms with Gasteiger partial charge in [-0.05, 0) is 30.3 Å². The molecule has 0 unspecified atom stereocenters. The zero-order valence-corrected chi connectivity index (χ0v) is 19.8. The van der Waals surface area contributed by atoms with Crippen molar-refractivity contribution in [2.75, 3.05) is 11.9 Å². The summed E-state index contributed by atoms with van der Waals surface area (Å²) in [5, 5.41) is 5.40. The molecule has 15 heteroatoms. The van der Waals surface area contributed by atoms with Crippen LogP contribution < -0.4 is 15.6 Å². The normalized spacial score (nSPS) is 11.9. The molecular weight excluding hydrogens is 534 g/mol. The first-order chi connectivity index (χ1) is 16.4. The van der Waals surface area contributed by atoms with Gasteiger partial charge >= 0.3 is 6.18 Å². The van der Waals surface area contributed by atoms with Gasteiger partial charge in [-0.15, -0.1) is 0 Å². The highest BCUT2D eigenvalue weighted by atomic mass is 35.5. The molecule has 2 aromatic heterocycles. The number of rotatable bonds is 8. The van der Waals surface area contributed by atoms with E-state index in [4.69, 9.17) is 23.2 Å². The Labute approximate surface area is 206 Å². The number of pyridine rings is 1. The molecule has 3 rings (SSSR count). The third-order valence-electron chi connectivity index (χ3n) is 4.50. The van der Waals surface area contributed by atoms with Crippen molar-refractivity contribution in [3.8, 4) is 0 Å². The first-order valence-corrected chi connectivity index (χ1v) is 11.9. The minimum Gasteiger partial charge on any atom is -0.324 e. The highest BCUT2D eigenvalue weighted by Gasteiger charge is 2.37. The minimum atomic E-state index is -4.98. The largest absolute Gasteiger partial charge is 0.417 e. The summed E-state index contributed by atoms with van der Waals surface area (Å²) < 4.78 is 68.7. The van der Waals surface area contributed by atoms with E-state index in [1.54, 1.807) is 18.2 Å². The van der Waals surface area contributed by atoms with Crippen LogP contribution in [0.4, 0.5) is 18.9 Å². The number of carbonyl (C=O) groups excluding carboxylic acids is 1.